The number of sulfonamides is 1. The first-order chi connectivity index (χ1) is 20.1. The maximum Gasteiger partial charge on any atom is 0.267 e. The summed E-state index contributed by atoms with van der Waals surface area (Å²) in [4.78, 5) is 12.4. The van der Waals surface area contributed by atoms with Crippen LogP contribution in [-0.2, 0) is 10.0 Å². The largest absolute Gasteiger partial charge is 0.383 e. The molecule has 3 N–H and O–H groups in total. The van der Waals surface area contributed by atoms with Crippen LogP contribution in [0.4, 0.5) is 24.7 Å². The number of halogens is 3. The van der Waals surface area contributed by atoms with Gasteiger partial charge in [-0.05, 0) is 62.6 Å². The summed E-state index contributed by atoms with van der Waals surface area (Å²) in [5, 5.41) is 0.583. The van der Waals surface area contributed by atoms with E-state index in [0.29, 0.717) is 28.2 Å². The number of anilines is 2. The van der Waals surface area contributed by atoms with Crippen LogP contribution in [0.15, 0.2) is 53.8 Å². The van der Waals surface area contributed by atoms with Crippen LogP contribution in [0.3, 0.4) is 0 Å². The minimum atomic E-state index is -4.73. The minimum Gasteiger partial charge on any atom is -0.383 e. The van der Waals surface area contributed by atoms with Crippen molar-refractivity contribution in [2.45, 2.75) is 42.7 Å². The molecule has 4 aromatic rings. The van der Waals surface area contributed by atoms with E-state index in [4.69, 9.17) is 5.73 Å². The molecular weight excluding hydrogens is 567 g/mol. The molecule has 1 aliphatic carbocycles. The maximum absolute atomic E-state index is 15.3. The lowest BCUT2D eigenvalue weighted by Gasteiger charge is -2.41. The molecule has 2 aromatic heterocycles. The molecule has 222 valence electrons. The molecule has 0 bridgehead atoms. The summed E-state index contributed by atoms with van der Waals surface area (Å²) in [6.45, 7) is 4.33. The lowest BCUT2D eigenvalue weighted by molar-refractivity contribution is 0.0828. The first kappa shape index (κ1) is 28.4. The lowest BCUT2D eigenvalue weighted by Crippen LogP contribution is -2.49. The quantitative estimate of drug-likeness (QED) is 0.333. The highest BCUT2D eigenvalue weighted by Gasteiger charge is 2.30. The first-order valence-corrected chi connectivity index (χ1v) is 15.4. The number of rotatable bonds is 6. The van der Waals surface area contributed by atoms with Crippen molar-refractivity contribution in [2.24, 2.45) is 0 Å². The van der Waals surface area contributed by atoms with E-state index in [2.05, 4.69) is 31.4 Å². The topological polar surface area (TPSA) is 109 Å². The van der Waals surface area contributed by atoms with E-state index >= 15 is 4.39 Å². The first-order valence-electron chi connectivity index (χ1n) is 13.9. The molecule has 6 rings (SSSR count). The second-order valence-electron chi connectivity index (χ2n) is 11.1. The molecular formula is C29H32F3N7O2S. The van der Waals surface area contributed by atoms with Crippen LogP contribution in [0.2, 0.25) is 0 Å². The van der Waals surface area contributed by atoms with Crippen LogP contribution in [-0.4, -0.2) is 72.0 Å². The van der Waals surface area contributed by atoms with E-state index in [0.717, 1.165) is 76.1 Å². The Kier molecular flexibility index (Phi) is 7.58. The lowest BCUT2D eigenvalue weighted by atomic mass is 9.89. The average molecular weight is 600 g/mol. The van der Waals surface area contributed by atoms with Crippen LogP contribution in [0, 0.1) is 17.5 Å². The highest BCUT2D eigenvalue weighted by molar-refractivity contribution is 7.92. The zero-order chi connectivity index (χ0) is 29.6. The number of nitrogen functional groups attached to an aromatic ring is 1. The Labute approximate surface area is 242 Å². The Hall–Kier alpha value is -3.68. The number of nitrogens with two attached hydrogens (primary N) is 1. The summed E-state index contributed by atoms with van der Waals surface area (Å²) in [7, 11) is -2.58. The number of likely N-dealkylation sites (N-methyl/N-ethyl adjacent to an activating group) is 1. The molecule has 13 heteroatoms. The van der Waals surface area contributed by atoms with Crippen LogP contribution < -0.4 is 10.5 Å². The molecule has 2 aliphatic rings. The normalized spacial score (nSPS) is 20.7. The smallest absolute Gasteiger partial charge is 0.267 e. The predicted octanol–water partition coefficient (Wildman–Crippen LogP) is 4.63. The highest BCUT2D eigenvalue weighted by Crippen LogP contribution is 2.39. The number of fused-ring (bicyclic) bond motifs is 1. The monoisotopic (exact) mass is 599 g/mol. The Morgan fingerprint density at radius 1 is 0.905 bits per heavy atom. The summed E-state index contributed by atoms with van der Waals surface area (Å²) >= 11 is 0. The van der Waals surface area contributed by atoms with E-state index in [1.165, 1.54) is 18.5 Å². The summed E-state index contributed by atoms with van der Waals surface area (Å²) < 4.78 is 73.0. The van der Waals surface area contributed by atoms with Crippen LogP contribution in [0.25, 0.3) is 22.2 Å². The van der Waals surface area contributed by atoms with Gasteiger partial charge in [0.1, 0.15) is 35.2 Å². The van der Waals surface area contributed by atoms with Crippen LogP contribution in [0.5, 0.6) is 0 Å². The number of piperazine rings is 1. The number of benzene rings is 2. The fourth-order valence-corrected chi connectivity index (χ4v) is 7.40. The van der Waals surface area contributed by atoms with Gasteiger partial charge in [-0.25, -0.2) is 31.6 Å². The van der Waals surface area contributed by atoms with E-state index in [1.807, 2.05) is 10.9 Å². The number of nitrogens with zero attached hydrogens (tertiary/aromatic N) is 5. The standard InChI is InChI=1S/C29H32F3N7O2S/c1-37-11-13-38(14-12-37)19-6-8-20(9-7-19)39-16-21(26-28(33)34-17-35-29(26)39)18-5-10-25(24(32)15-18)36-42(40,41)27-22(30)3-2-4-23(27)31/h2-5,10,15-17,19-20,36H,6-9,11-14H2,1H3,(H2,33,34,35). The molecule has 2 fully saturated rings. The Morgan fingerprint density at radius 2 is 1.57 bits per heavy atom. The SMILES string of the molecule is CN1CCN(C2CCC(n3cc(-c4ccc(NS(=O)(=O)c5c(F)cccc5F)c(F)c4)c4c(N)ncnc43)CC2)CC1. The summed E-state index contributed by atoms with van der Waals surface area (Å²) in [6, 6.07) is 7.32. The van der Waals surface area contributed by atoms with Crippen molar-refractivity contribution in [1.82, 2.24) is 24.3 Å². The van der Waals surface area contributed by atoms with Gasteiger partial charge in [0.2, 0.25) is 0 Å². The number of nitrogens with one attached hydrogen (secondary N) is 1. The number of aromatic nitrogens is 3. The van der Waals surface area contributed by atoms with Gasteiger partial charge in [-0.2, -0.15) is 0 Å². The van der Waals surface area contributed by atoms with Crippen LogP contribution in [0.1, 0.15) is 31.7 Å². The Morgan fingerprint density at radius 3 is 2.24 bits per heavy atom. The maximum atomic E-state index is 15.3. The zero-order valence-electron chi connectivity index (χ0n) is 23.1. The molecule has 3 heterocycles. The van der Waals surface area contributed by atoms with Gasteiger partial charge in [0, 0.05) is 50.0 Å². The summed E-state index contributed by atoms with van der Waals surface area (Å²) in [5.74, 6) is -3.22. The van der Waals surface area contributed by atoms with Crippen molar-refractivity contribution < 1.29 is 21.6 Å². The molecule has 0 radical (unpaired) electrons. The summed E-state index contributed by atoms with van der Waals surface area (Å²) in [5.41, 5.74) is 7.53. The van der Waals surface area contributed by atoms with Gasteiger partial charge in [-0.15, -0.1) is 0 Å². The average Bonchev–Trinajstić information content (AvgIpc) is 3.35. The molecule has 2 aromatic carbocycles. The van der Waals surface area contributed by atoms with Crippen molar-refractivity contribution >= 4 is 32.6 Å². The van der Waals surface area contributed by atoms with Crippen LogP contribution >= 0.6 is 0 Å². The zero-order valence-corrected chi connectivity index (χ0v) is 23.9. The Bertz CT molecular complexity index is 1710. The third kappa shape index (κ3) is 5.32. The van der Waals surface area contributed by atoms with E-state index in [9.17, 15) is 17.2 Å². The second-order valence-corrected chi connectivity index (χ2v) is 12.7. The van der Waals surface area contributed by atoms with Gasteiger partial charge < -0.3 is 15.2 Å². The molecule has 0 spiro atoms. The molecule has 9 nitrogen and oxygen atoms in total. The minimum absolute atomic E-state index is 0.186. The number of hydrogen-bond donors (Lipinski definition) is 2. The molecule has 0 unspecified atom stereocenters. The van der Waals surface area contributed by atoms with Gasteiger partial charge >= 0.3 is 0 Å². The predicted molar refractivity (Wildman–Crippen MR) is 155 cm³/mol. The molecule has 1 saturated carbocycles. The molecule has 1 aliphatic heterocycles. The van der Waals surface area contributed by atoms with Crippen molar-refractivity contribution in [1.29, 1.82) is 0 Å². The molecule has 0 amide bonds. The highest BCUT2D eigenvalue weighted by atomic mass is 32.2. The summed E-state index contributed by atoms with van der Waals surface area (Å²) in [6.07, 6.45) is 7.38. The third-order valence-corrected chi connectivity index (χ3v) is 9.88. The fourth-order valence-electron chi connectivity index (χ4n) is 6.19. The second kappa shape index (κ2) is 11.2. The van der Waals surface area contributed by atoms with Gasteiger partial charge in [-0.3, -0.25) is 9.62 Å². The van der Waals surface area contributed by atoms with Crippen molar-refractivity contribution in [3.05, 3.63) is 66.4 Å². The van der Waals surface area contributed by atoms with E-state index in [1.54, 1.807) is 0 Å². The molecule has 0 atom stereocenters. The Balaban J connectivity index is 1.27. The van der Waals surface area contributed by atoms with Gasteiger partial charge in [-0.1, -0.05) is 12.1 Å². The van der Waals surface area contributed by atoms with Gasteiger partial charge in [0.15, 0.2) is 4.90 Å². The van der Waals surface area contributed by atoms with Gasteiger partial charge in [0.25, 0.3) is 10.0 Å². The van der Waals surface area contributed by atoms with Gasteiger partial charge in [0.05, 0.1) is 11.1 Å². The van der Waals surface area contributed by atoms with Crippen molar-refractivity contribution in [2.75, 3.05) is 43.7 Å². The molecule has 1 saturated heterocycles. The number of hydrogen-bond acceptors (Lipinski definition) is 7. The van der Waals surface area contributed by atoms with E-state index < -0.39 is 38.1 Å². The molecule has 42 heavy (non-hydrogen) atoms. The van der Waals surface area contributed by atoms with Crippen molar-refractivity contribution in [3.63, 3.8) is 0 Å². The fraction of sp³-hybridized carbons (Fsp3) is 0.379. The van der Waals surface area contributed by atoms with E-state index in [-0.39, 0.29) is 11.9 Å². The third-order valence-electron chi connectivity index (χ3n) is 8.46. The van der Waals surface area contributed by atoms with Crippen molar-refractivity contribution in [3.8, 4) is 11.1 Å².